The third-order valence-corrected chi connectivity index (χ3v) is 2.71. The minimum Gasteiger partial charge on any atom is -0.297 e. The highest BCUT2D eigenvalue weighted by Crippen LogP contribution is 2.25. The molecule has 0 amide bonds. The van der Waals surface area contributed by atoms with E-state index in [2.05, 4.69) is 51.8 Å². The van der Waals surface area contributed by atoms with E-state index in [1.54, 1.807) is 0 Å². The number of hydrogen-bond acceptors (Lipinski definition) is 2. The van der Waals surface area contributed by atoms with Gasteiger partial charge in [-0.25, -0.2) is 0 Å². The summed E-state index contributed by atoms with van der Waals surface area (Å²) in [6, 6.07) is 0. The van der Waals surface area contributed by atoms with Crippen LogP contribution in [0, 0.1) is 0 Å². The van der Waals surface area contributed by atoms with Gasteiger partial charge in [-0.1, -0.05) is 0 Å². The molecule has 0 aromatic heterocycles. The molecular weight excluding hydrogens is 172 g/mol. The SMILES string of the molecule is CC(C)(C)N[C@@H]1CCCN1C(C)(C)C. The van der Waals surface area contributed by atoms with E-state index in [9.17, 15) is 0 Å². The Hall–Kier alpha value is -0.0800. The predicted molar refractivity (Wildman–Crippen MR) is 62.4 cm³/mol. The first-order valence-electron chi connectivity index (χ1n) is 5.74. The van der Waals surface area contributed by atoms with Gasteiger partial charge in [-0.15, -0.1) is 0 Å². The zero-order valence-corrected chi connectivity index (χ0v) is 10.6. The standard InChI is InChI=1S/C12H26N2/c1-11(2,3)13-10-8-7-9-14(10)12(4,5)6/h10,13H,7-9H2,1-6H3/t10-/m0/s1. The first-order valence-corrected chi connectivity index (χ1v) is 5.74. The van der Waals surface area contributed by atoms with Gasteiger partial charge in [0, 0.05) is 17.6 Å². The fourth-order valence-electron chi connectivity index (χ4n) is 2.22. The van der Waals surface area contributed by atoms with Gasteiger partial charge in [0.2, 0.25) is 0 Å². The molecule has 0 aromatic carbocycles. The largest absolute Gasteiger partial charge is 0.297 e. The molecule has 2 nitrogen and oxygen atoms in total. The highest BCUT2D eigenvalue weighted by atomic mass is 15.3. The van der Waals surface area contributed by atoms with Crippen molar-refractivity contribution in [1.29, 1.82) is 0 Å². The van der Waals surface area contributed by atoms with E-state index in [1.807, 2.05) is 0 Å². The quantitative estimate of drug-likeness (QED) is 0.696. The maximum absolute atomic E-state index is 3.70. The molecule has 1 aliphatic heterocycles. The lowest BCUT2D eigenvalue weighted by Crippen LogP contribution is -2.55. The number of likely N-dealkylation sites (tertiary alicyclic amines) is 1. The van der Waals surface area contributed by atoms with Crippen LogP contribution in [0.1, 0.15) is 54.4 Å². The van der Waals surface area contributed by atoms with Gasteiger partial charge in [-0.3, -0.25) is 10.2 Å². The van der Waals surface area contributed by atoms with Crippen molar-refractivity contribution in [2.24, 2.45) is 0 Å². The molecule has 14 heavy (non-hydrogen) atoms. The van der Waals surface area contributed by atoms with E-state index in [0.717, 1.165) is 0 Å². The lowest BCUT2D eigenvalue weighted by molar-refractivity contribution is 0.0855. The van der Waals surface area contributed by atoms with Crippen LogP contribution < -0.4 is 5.32 Å². The molecule has 0 unspecified atom stereocenters. The molecule has 1 aliphatic rings. The van der Waals surface area contributed by atoms with Gasteiger partial charge in [-0.05, 0) is 54.4 Å². The average Bonchev–Trinajstić information content (AvgIpc) is 2.29. The van der Waals surface area contributed by atoms with Crippen molar-refractivity contribution in [2.75, 3.05) is 6.54 Å². The molecule has 1 N–H and O–H groups in total. The minimum absolute atomic E-state index is 0.221. The maximum atomic E-state index is 3.70. The molecule has 0 saturated carbocycles. The summed E-state index contributed by atoms with van der Waals surface area (Å²) in [5.74, 6) is 0. The molecule has 0 bridgehead atoms. The maximum Gasteiger partial charge on any atom is 0.0605 e. The highest BCUT2D eigenvalue weighted by Gasteiger charge is 2.34. The zero-order valence-electron chi connectivity index (χ0n) is 10.6. The molecule has 2 heteroatoms. The Balaban J connectivity index is 2.61. The van der Waals surface area contributed by atoms with Crippen molar-refractivity contribution in [3.05, 3.63) is 0 Å². The molecule has 1 atom stereocenters. The van der Waals surface area contributed by atoms with Crippen LogP contribution in [0.15, 0.2) is 0 Å². The summed E-state index contributed by atoms with van der Waals surface area (Å²) < 4.78 is 0. The summed E-state index contributed by atoms with van der Waals surface area (Å²) >= 11 is 0. The molecule has 1 fully saturated rings. The lowest BCUT2D eigenvalue weighted by atomic mass is 10.0. The monoisotopic (exact) mass is 198 g/mol. The smallest absolute Gasteiger partial charge is 0.0605 e. The molecule has 0 radical (unpaired) electrons. The third-order valence-electron chi connectivity index (χ3n) is 2.71. The van der Waals surface area contributed by atoms with Crippen LogP contribution in [-0.4, -0.2) is 28.7 Å². The second-order valence-electron chi connectivity index (χ2n) is 6.42. The van der Waals surface area contributed by atoms with Crippen LogP contribution in [0.3, 0.4) is 0 Å². The Morgan fingerprint density at radius 2 is 1.64 bits per heavy atom. The van der Waals surface area contributed by atoms with Crippen molar-refractivity contribution in [2.45, 2.75) is 71.6 Å². The van der Waals surface area contributed by atoms with Gasteiger partial charge in [-0.2, -0.15) is 0 Å². The topological polar surface area (TPSA) is 15.3 Å². The van der Waals surface area contributed by atoms with Crippen molar-refractivity contribution < 1.29 is 0 Å². The van der Waals surface area contributed by atoms with Crippen LogP contribution in [0.5, 0.6) is 0 Å². The van der Waals surface area contributed by atoms with Crippen LogP contribution >= 0.6 is 0 Å². The highest BCUT2D eigenvalue weighted by molar-refractivity contribution is 4.89. The summed E-state index contributed by atoms with van der Waals surface area (Å²) in [5, 5.41) is 3.70. The van der Waals surface area contributed by atoms with Gasteiger partial charge in [0.05, 0.1) is 6.17 Å². The van der Waals surface area contributed by atoms with E-state index in [4.69, 9.17) is 0 Å². The molecule has 0 aromatic rings. The second-order valence-corrected chi connectivity index (χ2v) is 6.42. The molecule has 0 aliphatic carbocycles. The Morgan fingerprint density at radius 3 is 2.07 bits per heavy atom. The molecule has 1 rings (SSSR count). The summed E-state index contributed by atoms with van der Waals surface area (Å²) in [4.78, 5) is 2.58. The number of nitrogens with one attached hydrogen (secondary N) is 1. The van der Waals surface area contributed by atoms with Gasteiger partial charge in [0.15, 0.2) is 0 Å². The fourth-order valence-corrected chi connectivity index (χ4v) is 2.22. The summed E-state index contributed by atoms with van der Waals surface area (Å²) in [6.07, 6.45) is 3.18. The van der Waals surface area contributed by atoms with Gasteiger partial charge in [0.1, 0.15) is 0 Å². The van der Waals surface area contributed by atoms with Crippen molar-refractivity contribution >= 4 is 0 Å². The van der Waals surface area contributed by atoms with Gasteiger partial charge < -0.3 is 0 Å². The third kappa shape index (κ3) is 3.25. The van der Waals surface area contributed by atoms with Crippen molar-refractivity contribution in [1.82, 2.24) is 10.2 Å². The molecule has 1 saturated heterocycles. The van der Waals surface area contributed by atoms with Crippen LogP contribution in [-0.2, 0) is 0 Å². The Kier molecular flexibility index (Phi) is 3.27. The number of nitrogens with zero attached hydrogens (tertiary/aromatic N) is 1. The normalized spacial score (nSPS) is 25.7. The van der Waals surface area contributed by atoms with E-state index in [-0.39, 0.29) is 5.54 Å². The average molecular weight is 198 g/mol. The van der Waals surface area contributed by atoms with Crippen molar-refractivity contribution in [3.8, 4) is 0 Å². The Morgan fingerprint density at radius 1 is 1.07 bits per heavy atom. The fraction of sp³-hybridized carbons (Fsp3) is 1.00. The van der Waals surface area contributed by atoms with E-state index in [0.29, 0.717) is 11.7 Å². The molecule has 84 valence electrons. The number of hydrogen-bond donors (Lipinski definition) is 1. The van der Waals surface area contributed by atoms with Gasteiger partial charge >= 0.3 is 0 Å². The second kappa shape index (κ2) is 3.82. The van der Waals surface area contributed by atoms with Gasteiger partial charge in [0.25, 0.3) is 0 Å². The first kappa shape index (κ1) is 12.0. The predicted octanol–water partition coefficient (Wildman–Crippen LogP) is 2.59. The van der Waals surface area contributed by atoms with Crippen LogP contribution in [0.4, 0.5) is 0 Å². The van der Waals surface area contributed by atoms with Crippen molar-refractivity contribution in [3.63, 3.8) is 0 Å². The summed E-state index contributed by atoms with van der Waals surface area (Å²) in [7, 11) is 0. The zero-order chi connectivity index (χ0) is 11.0. The Labute approximate surface area is 89.1 Å². The molecular formula is C12H26N2. The molecule has 1 heterocycles. The minimum atomic E-state index is 0.221. The summed E-state index contributed by atoms with van der Waals surface area (Å²) in [5.41, 5.74) is 0.512. The lowest BCUT2D eigenvalue weighted by Gasteiger charge is -2.40. The van der Waals surface area contributed by atoms with E-state index >= 15 is 0 Å². The number of rotatable bonds is 1. The first-order chi connectivity index (χ1) is 6.20. The van der Waals surface area contributed by atoms with Crippen LogP contribution in [0.2, 0.25) is 0 Å². The van der Waals surface area contributed by atoms with Crippen LogP contribution in [0.25, 0.3) is 0 Å². The Bertz CT molecular complexity index is 185. The summed E-state index contributed by atoms with van der Waals surface area (Å²) in [6.45, 7) is 14.9. The van der Waals surface area contributed by atoms with E-state index < -0.39 is 0 Å². The van der Waals surface area contributed by atoms with E-state index in [1.165, 1.54) is 19.4 Å². The molecule has 0 spiro atoms.